The van der Waals surface area contributed by atoms with Crippen LogP contribution in [0.1, 0.15) is 27.7 Å². The summed E-state index contributed by atoms with van der Waals surface area (Å²) in [7, 11) is 1.52. The molecule has 0 N–H and O–H groups in total. The van der Waals surface area contributed by atoms with E-state index in [9.17, 15) is 0 Å². The lowest BCUT2D eigenvalue weighted by molar-refractivity contribution is -0.0911. The fourth-order valence-electron chi connectivity index (χ4n) is 0.689. The van der Waals surface area contributed by atoms with Crippen molar-refractivity contribution < 1.29 is 9.47 Å². The summed E-state index contributed by atoms with van der Waals surface area (Å²) < 4.78 is 10.0. The first-order chi connectivity index (χ1) is 6.29. The first-order valence-corrected chi connectivity index (χ1v) is 4.50. The molecule has 0 bridgehead atoms. The Morgan fingerprint density at radius 1 is 1.54 bits per heavy atom. The lowest BCUT2D eigenvalue weighted by Gasteiger charge is -2.12. The van der Waals surface area contributed by atoms with Crippen molar-refractivity contribution in [2.75, 3.05) is 13.7 Å². The molecule has 0 aromatic rings. The number of methoxy groups -OCH3 is 1. The van der Waals surface area contributed by atoms with Gasteiger partial charge in [-0.05, 0) is 13.8 Å². The molecule has 0 aliphatic carbocycles. The fraction of sp³-hybridized carbons (Fsp3) is 0.700. The highest BCUT2D eigenvalue weighted by Gasteiger charge is 2.10. The minimum Gasteiger partial charge on any atom is -0.351 e. The summed E-state index contributed by atoms with van der Waals surface area (Å²) in [5, 5.41) is 8.58. The van der Waals surface area contributed by atoms with Gasteiger partial charge in [-0.25, -0.2) is 0 Å². The molecule has 0 aliphatic heterocycles. The summed E-state index contributed by atoms with van der Waals surface area (Å²) in [4.78, 5) is 0. The summed E-state index contributed by atoms with van der Waals surface area (Å²) >= 11 is 0. The van der Waals surface area contributed by atoms with E-state index >= 15 is 0 Å². The van der Waals surface area contributed by atoms with Crippen molar-refractivity contribution in [2.45, 2.75) is 34.0 Å². The maximum absolute atomic E-state index is 8.58. The van der Waals surface area contributed by atoms with Crippen LogP contribution in [0, 0.1) is 11.3 Å². The largest absolute Gasteiger partial charge is 0.351 e. The van der Waals surface area contributed by atoms with Crippen molar-refractivity contribution in [1.29, 1.82) is 5.26 Å². The first kappa shape index (κ1) is 14.7. The van der Waals surface area contributed by atoms with Crippen LogP contribution in [-0.4, -0.2) is 20.0 Å². The smallest absolute Gasteiger partial charge is 0.193 e. The zero-order valence-electron chi connectivity index (χ0n) is 9.13. The maximum Gasteiger partial charge on any atom is 0.193 e. The van der Waals surface area contributed by atoms with Crippen LogP contribution in [-0.2, 0) is 9.47 Å². The third-order valence-corrected chi connectivity index (χ3v) is 1.23. The third-order valence-electron chi connectivity index (χ3n) is 1.23. The van der Waals surface area contributed by atoms with E-state index in [1.165, 1.54) is 7.11 Å². The Hall–Kier alpha value is -0.850. The number of ether oxygens (including phenoxy) is 2. The van der Waals surface area contributed by atoms with Gasteiger partial charge in [0.05, 0.1) is 11.6 Å². The molecule has 13 heavy (non-hydrogen) atoms. The standard InChI is InChI=1S/C8H13NO2.C2H6/c1-4-7(6-9)8(10-3)11-5-2;1-2/h4,8H,5H2,1-3H3;1-2H3/b7-4-;. The van der Waals surface area contributed by atoms with Gasteiger partial charge >= 0.3 is 0 Å². The summed E-state index contributed by atoms with van der Waals surface area (Å²) in [6, 6.07) is 2.00. The van der Waals surface area contributed by atoms with Crippen molar-refractivity contribution >= 4 is 0 Å². The summed E-state index contributed by atoms with van der Waals surface area (Å²) in [6.07, 6.45) is 1.18. The van der Waals surface area contributed by atoms with Gasteiger partial charge in [-0.3, -0.25) is 0 Å². The zero-order chi connectivity index (χ0) is 10.7. The molecule has 0 heterocycles. The van der Waals surface area contributed by atoms with Crippen LogP contribution >= 0.6 is 0 Å². The monoisotopic (exact) mass is 185 g/mol. The second-order valence-corrected chi connectivity index (χ2v) is 1.88. The van der Waals surface area contributed by atoms with Crippen LogP contribution in [0.25, 0.3) is 0 Å². The first-order valence-electron chi connectivity index (χ1n) is 4.50. The summed E-state index contributed by atoms with van der Waals surface area (Å²) in [5.41, 5.74) is 0.509. The highest BCUT2D eigenvalue weighted by atomic mass is 16.7. The van der Waals surface area contributed by atoms with E-state index in [0.29, 0.717) is 12.2 Å². The van der Waals surface area contributed by atoms with Crippen molar-refractivity contribution in [2.24, 2.45) is 0 Å². The molecular weight excluding hydrogens is 166 g/mol. The van der Waals surface area contributed by atoms with Crippen molar-refractivity contribution in [1.82, 2.24) is 0 Å². The molecule has 0 spiro atoms. The Kier molecular flexibility index (Phi) is 12.6. The van der Waals surface area contributed by atoms with Gasteiger partial charge in [0.2, 0.25) is 0 Å². The molecule has 0 saturated heterocycles. The molecular formula is C10H19NO2. The van der Waals surface area contributed by atoms with Gasteiger partial charge in [0.1, 0.15) is 0 Å². The van der Waals surface area contributed by atoms with Gasteiger partial charge in [0.25, 0.3) is 0 Å². The molecule has 0 rings (SSSR count). The molecule has 0 aromatic heterocycles. The predicted octanol–water partition coefficient (Wildman–Crippen LogP) is 2.49. The maximum atomic E-state index is 8.58. The number of hydrogen-bond donors (Lipinski definition) is 0. The molecule has 3 nitrogen and oxygen atoms in total. The molecule has 1 unspecified atom stereocenters. The van der Waals surface area contributed by atoms with Crippen LogP contribution < -0.4 is 0 Å². The quantitative estimate of drug-likeness (QED) is 0.499. The molecule has 0 radical (unpaired) electrons. The van der Waals surface area contributed by atoms with Crippen LogP contribution in [0.4, 0.5) is 0 Å². The molecule has 0 saturated carbocycles. The highest BCUT2D eigenvalue weighted by Crippen LogP contribution is 2.05. The van der Waals surface area contributed by atoms with Crippen LogP contribution in [0.3, 0.4) is 0 Å². The Morgan fingerprint density at radius 2 is 2.08 bits per heavy atom. The Morgan fingerprint density at radius 3 is 2.31 bits per heavy atom. The van der Waals surface area contributed by atoms with Crippen molar-refractivity contribution in [3.63, 3.8) is 0 Å². The second kappa shape index (κ2) is 11.2. The van der Waals surface area contributed by atoms with Crippen molar-refractivity contribution in [3.05, 3.63) is 11.6 Å². The van der Waals surface area contributed by atoms with Crippen molar-refractivity contribution in [3.8, 4) is 6.07 Å². The van der Waals surface area contributed by atoms with E-state index in [1.54, 1.807) is 13.0 Å². The predicted molar refractivity (Wildman–Crippen MR) is 53.1 cm³/mol. The normalized spacial score (nSPS) is 12.5. The minimum absolute atomic E-state index is 0.505. The van der Waals surface area contributed by atoms with E-state index < -0.39 is 6.29 Å². The molecule has 76 valence electrons. The minimum atomic E-state index is -0.505. The van der Waals surface area contributed by atoms with Gasteiger partial charge < -0.3 is 9.47 Å². The average Bonchev–Trinajstić information content (AvgIpc) is 2.21. The number of allylic oxidation sites excluding steroid dienone is 1. The Labute approximate surface area is 81.0 Å². The summed E-state index contributed by atoms with van der Waals surface area (Å²) in [6.45, 7) is 8.18. The topological polar surface area (TPSA) is 42.2 Å². The Bertz CT molecular complexity index is 170. The third kappa shape index (κ3) is 6.32. The zero-order valence-corrected chi connectivity index (χ0v) is 9.13. The van der Waals surface area contributed by atoms with Gasteiger partial charge in [-0.15, -0.1) is 0 Å². The van der Waals surface area contributed by atoms with Gasteiger partial charge in [-0.2, -0.15) is 5.26 Å². The molecule has 0 aliphatic rings. The van der Waals surface area contributed by atoms with Gasteiger partial charge in [0, 0.05) is 13.7 Å². The number of hydrogen-bond acceptors (Lipinski definition) is 3. The second-order valence-electron chi connectivity index (χ2n) is 1.88. The average molecular weight is 185 g/mol. The molecule has 0 amide bonds. The van der Waals surface area contributed by atoms with Gasteiger partial charge in [-0.1, -0.05) is 19.9 Å². The number of rotatable bonds is 4. The van der Waals surface area contributed by atoms with Crippen LogP contribution in [0.5, 0.6) is 0 Å². The molecule has 0 aromatic carbocycles. The highest BCUT2D eigenvalue weighted by molar-refractivity contribution is 5.22. The van der Waals surface area contributed by atoms with Gasteiger partial charge in [0.15, 0.2) is 6.29 Å². The fourth-order valence-corrected chi connectivity index (χ4v) is 0.689. The van der Waals surface area contributed by atoms with E-state index in [2.05, 4.69) is 0 Å². The Balaban J connectivity index is 0. The van der Waals surface area contributed by atoms with E-state index in [0.717, 1.165) is 0 Å². The van der Waals surface area contributed by atoms with E-state index in [1.807, 2.05) is 26.8 Å². The molecule has 3 heteroatoms. The van der Waals surface area contributed by atoms with E-state index in [4.69, 9.17) is 14.7 Å². The molecule has 0 fully saturated rings. The van der Waals surface area contributed by atoms with E-state index in [-0.39, 0.29) is 0 Å². The van der Waals surface area contributed by atoms with Crippen LogP contribution in [0.15, 0.2) is 11.6 Å². The molecule has 1 atom stereocenters. The number of nitrogens with zero attached hydrogens (tertiary/aromatic N) is 1. The summed E-state index contributed by atoms with van der Waals surface area (Å²) in [5.74, 6) is 0. The lowest BCUT2D eigenvalue weighted by atomic mass is 10.3. The van der Waals surface area contributed by atoms with Crippen LogP contribution in [0.2, 0.25) is 0 Å². The lowest BCUT2D eigenvalue weighted by Crippen LogP contribution is -2.17. The number of nitriles is 1. The SMILES string of the molecule is C/C=C(/C#N)C(OC)OCC.CC.